The molecule has 4 aliphatic rings. The van der Waals surface area contributed by atoms with E-state index in [1.807, 2.05) is 6.92 Å². The first-order chi connectivity index (χ1) is 13.6. The lowest BCUT2D eigenvalue weighted by atomic mass is 9.68. The van der Waals surface area contributed by atoms with E-state index in [0.29, 0.717) is 24.3 Å². The van der Waals surface area contributed by atoms with Gasteiger partial charge in [0.1, 0.15) is 0 Å². The number of hydrogen-bond donors (Lipinski definition) is 1. The molecule has 0 saturated carbocycles. The van der Waals surface area contributed by atoms with Crippen molar-refractivity contribution in [2.75, 3.05) is 19.6 Å². The van der Waals surface area contributed by atoms with Crippen molar-refractivity contribution >= 4 is 5.91 Å². The van der Waals surface area contributed by atoms with Gasteiger partial charge in [-0.05, 0) is 76.3 Å². The van der Waals surface area contributed by atoms with Crippen LogP contribution in [-0.2, 0) is 11.2 Å². The first-order valence-corrected chi connectivity index (χ1v) is 11.4. The molecular formula is C23H34N4O. The molecule has 3 aliphatic heterocycles. The van der Waals surface area contributed by atoms with Gasteiger partial charge in [-0.25, -0.2) is 0 Å². The number of rotatable bonds is 3. The van der Waals surface area contributed by atoms with E-state index in [4.69, 9.17) is 0 Å². The summed E-state index contributed by atoms with van der Waals surface area (Å²) in [6.07, 6.45) is 11.8. The highest BCUT2D eigenvalue weighted by atomic mass is 16.2. The SMILES string of the molecule is Cc1n[nH]c(C)c1CCC(=O)N1CCCC2=C[C@H]3C[C@@H](CN4CCCC[C@@H]34)[C@@H]21. The van der Waals surface area contributed by atoms with Gasteiger partial charge < -0.3 is 4.90 Å². The van der Waals surface area contributed by atoms with Crippen molar-refractivity contribution in [3.05, 3.63) is 28.6 Å². The predicted octanol–water partition coefficient (Wildman–Crippen LogP) is 3.38. The van der Waals surface area contributed by atoms with E-state index >= 15 is 0 Å². The van der Waals surface area contributed by atoms with Crippen molar-refractivity contribution in [1.82, 2.24) is 20.0 Å². The number of carbonyl (C=O) groups excluding carboxylic acids is 1. The van der Waals surface area contributed by atoms with E-state index in [2.05, 4.69) is 33.0 Å². The van der Waals surface area contributed by atoms with E-state index in [1.54, 1.807) is 5.57 Å². The summed E-state index contributed by atoms with van der Waals surface area (Å²) in [5, 5.41) is 7.34. The van der Waals surface area contributed by atoms with E-state index in [0.717, 1.165) is 42.7 Å². The van der Waals surface area contributed by atoms with Gasteiger partial charge >= 0.3 is 0 Å². The van der Waals surface area contributed by atoms with Gasteiger partial charge in [-0.2, -0.15) is 5.10 Å². The fourth-order valence-corrected chi connectivity index (χ4v) is 6.57. The first-order valence-electron chi connectivity index (χ1n) is 11.4. The smallest absolute Gasteiger partial charge is 0.223 e. The Balaban J connectivity index is 1.33. The van der Waals surface area contributed by atoms with Gasteiger partial charge in [-0.15, -0.1) is 0 Å². The molecule has 2 bridgehead atoms. The van der Waals surface area contributed by atoms with Crippen molar-refractivity contribution in [1.29, 1.82) is 0 Å². The Morgan fingerprint density at radius 1 is 1.25 bits per heavy atom. The Hall–Kier alpha value is -1.62. The lowest BCUT2D eigenvalue weighted by Gasteiger charge is -2.54. The lowest BCUT2D eigenvalue weighted by Crippen LogP contribution is -2.60. The van der Waals surface area contributed by atoms with Crippen LogP contribution in [-0.4, -0.2) is 57.6 Å². The normalized spacial score (nSPS) is 32.5. The molecule has 4 heterocycles. The highest BCUT2D eigenvalue weighted by Gasteiger charge is 2.46. The summed E-state index contributed by atoms with van der Waals surface area (Å²) in [6.45, 7) is 7.49. The summed E-state index contributed by atoms with van der Waals surface area (Å²) in [5.41, 5.74) is 4.95. The number of nitrogens with one attached hydrogen (secondary N) is 1. The Kier molecular flexibility index (Phi) is 4.82. The fraction of sp³-hybridized carbons (Fsp3) is 0.739. The van der Waals surface area contributed by atoms with Crippen LogP contribution in [0, 0.1) is 25.7 Å². The highest BCUT2D eigenvalue weighted by Crippen LogP contribution is 2.45. The second kappa shape index (κ2) is 7.33. The van der Waals surface area contributed by atoms with Crippen molar-refractivity contribution in [3.8, 4) is 0 Å². The third-order valence-electron chi connectivity index (χ3n) is 7.85. The number of aryl methyl sites for hydroxylation is 2. The van der Waals surface area contributed by atoms with E-state index in [1.165, 1.54) is 50.8 Å². The molecule has 0 spiro atoms. The predicted molar refractivity (Wildman–Crippen MR) is 110 cm³/mol. The highest BCUT2D eigenvalue weighted by molar-refractivity contribution is 5.77. The van der Waals surface area contributed by atoms with Crippen LogP contribution >= 0.6 is 0 Å². The lowest BCUT2D eigenvalue weighted by molar-refractivity contribution is -0.136. The summed E-state index contributed by atoms with van der Waals surface area (Å²) in [7, 11) is 0. The van der Waals surface area contributed by atoms with Gasteiger partial charge in [-0.3, -0.25) is 14.8 Å². The molecule has 3 fully saturated rings. The largest absolute Gasteiger partial charge is 0.336 e. The summed E-state index contributed by atoms with van der Waals surface area (Å²) in [5.74, 6) is 1.72. The number of amides is 1. The zero-order valence-electron chi connectivity index (χ0n) is 17.4. The number of carbonyl (C=O) groups is 1. The van der Waals surface area contributed by atoms with Crippen LogP contribution in [0.1, 0.15) is 61.9 Å². The van der Waals surface area contributed by atoms with Crippen LogP contribution in [0.25, 0.3) is 0 Å². The fourth-order valence-electron chi connectivity index (χ4n) is 6.57. The molecule has 1 amide bonds. The van der Waals surface area contributed by atoms with Gasteiger partial charge in [0.2, 0.25) is 5.91 Å². The zero-order chi connectivity index (χ0) is 19.3. The molecule has 5 rings (SSSR count). The van der Waals surface area contributed by atoms with E-state index < -0.39 is 0 Å². The molecule has 0 radical (unpaired) electrons. The number of aromatic amines is 1. The van der Waals surface area contributed by atoms with Crippen LogP contribution in [0.3, 0.4) is 0 Å². The molecule has 0 aromatic carbocycles. The summed E-state index contributed by atoms with van der Waals surface area (Å²) in [4.78, 5) is 18.3. The van der Waals surface area contributed by atoms with E-state index in [-0.39, 0.29) is 0 Å². The van der Waals surface area contributed by atoms with Crippen LogP contribution in [0.4, 0.5) is 0 Å². The molecular weight excluding hydrogens is 348 g/mol. The number of nitrogens with zero attached hydrogens (tertiary/aromatic N) is 3. The van der Waals surface area contributed by atoms with Gasteiger partial charge in [-0.1, -0.05) is 18.1 Å². The third-order valence-corrected chi connectivity index (χ3v) is 7.85. The second-order valence-electron chi connectivity index (χ2n) is 9.51. The van der Waals surface area contributed by atoms with Crippen molar-refractivity contribution in [3.63, 3.8) is 0 Å². The van der Waals surface area contributed by atoms with Crippen LogP contribution in [0.5, 0.6) is 0 Å². The molecule has 5 heteroatoms. The average molecular weight is 383 g/mol. The quantitative estimate of drug-likeness (QED) is 0.816. The van der Waals surface area contributed by atoms with Crippen LogP contribution in [0.2, 0.25) is 0 Å². The second-order valence-corrected chi connectivity index (χ2v) is 9.51. The summed E-state index contributed by atoms with van der Waals surface area (Å²) >= 11 is 0. The Bertz CT molecular complexity index is 762. The minimum atomic E-state index is 0.342. The number of hydrogen-bond acceptors (Lipinski definition) is 3. The maximum absolute atomic E-state index is 13.3. The number of likely N-dealkylation sites (tertiary alicyclic amines) is 1. The number of H-pyrrole nitrogens is 1. The van der Waals surface area contributed by atoms with Crippen molar-refractivity contribution < 1.29 is 4.79 Å². The minimum Gasteiger partial charge on any atom is -0.336 e. The minimum absolute atomic E-state index is 0.342. The van der Waals surface area contributed by atoms with E-state index in [9.17, 15) is 4.79 Å². The topological polar surface area (TPSA) is 52.2 Å². The van der Waals surface area contributed by atoms with Gasteiger partial charge in [0.15, 0.2) is 0 Å². The molecule has 1 aromatic heterocycles. The Labute approximate surface area is 168 Å². The third kappa shape index (κ3) is 3.12. The molecule has 4 atom stereocenters. The molecule has 1 aliphatic carbocycles. The standard InChI is InChI=1S/C23H34N4O/c1-15-20(16(2)25-24-15)8-9-22(28)27-11-5-6-17-12-18-13-19(23(17)27)14-26-10-4-3-7-21(18)26/h12,18-19,21,23H,3-11,13-14H2,1-2H3,(H,24,25)/t18-,19-,21-,23+/m0/s1. The van der Waals surface area contributed by atoms with Gasteiger partial charge in [0, 0.05) is 31.2 Å². The molecule has 1 N–H and O–H groups in total. The molecule has 5 nitrogen and oxygen atoms in total. The molecule has 28 heavy (non-hydrogen) atoms. The summed E-state index contributed by atoms with van der Waals surface area (Å²) < 4.78 is 0. The molecule has 1 aromatic rings. The summed E-state index contributed by atoms with van der Waals surface area (Å²) in [6, 6.07) is 1.14. The number of fused-ring (bicyclic) bond motifs is 6. The van der Waals surface area contributed by atoms with Crippen LogP contribution < -0.4 is 0 Å². The monoisotopic (exact) mass is 382 g/mol. The Morgan fingerprint density at radius 3 is 2.96 bits per heavy atom. The van der Waals surface area contributed by atoms with Crippen molar-refractivity contribution in [2.24, 2.45) is 11.8 Å². The number of piperidine rings is 3. The molecule has 152 valence electrons. The zero-order valence-corrected chi connectivity index (χ0v) is 17.4. The number of aromatic nitrogens is 2. The average Bonchev–Trinajstić information content (AvgIpc) is 3.03. The molecule has 0 unspecified atom stereocenters. The maximum Gasteiger partial charge on any atom is 0.223 e. The maximum atomic E-state index is 13.3. The van der Waals surface area contributed by atoms with Crippen LogP contribution in [0.15, 0.2) is 11.6 Å². The van der Waals surface area contributed by atoms with Crippen molar-refractivity contribution in [2.45, 2.75) is 77.3 Å². The molecule has 3 saturated heterocycles. The van der Waals surface area contributed by atoms with Gasteiger partial charge in [0.25, 0.3) is 0 Å². The Morgan fingerprint density at radius 2 is 2.14 bits per heavy atom. The van der Waals surface area contributed by atoms with Gasteiger partial charge in [0.05, 0.1) is 11.7 Å². The first kappa shape index (κ1) is 18.4.